The number of hydrogen-bond acceptors (Lipinski definition) is 3. The number of rotatable bonds is 3. The summed E-state index contributed by atoms with van der Waals surface area (Å²) in [7, 11) is 1.61. The van der Waals surface area contributed by atoms with E-state index in [9.17, 15) is 4.79 Å². The van der Waals surface area contributed by atoms with Crippen molar-refractivity contribution in [3.63, 3.8) is 0 Å². The lowest BCUT2D eigenvalue weighted by Gasteiger charge is -2.20. The summed E-state index contributed by atoms with van der Waals surface area (Å²) in [5, 5.41) is 2.96. The number of anilines is 1. The molecule has 2 rings (SSSR count). The summed E-state index contributed by atoms with van der Waals surface area (Å²) in [5.41, 5.74) is 6.88. The maximum atomic E-state index is 12.4. The highest BCUT2D eigenvalue weighted by atomic mass is 79.9. The fraction of sp³-hybridized carbons (Fsp3) is 0.533. The number of carbonyl (C=O) groups excluding carboxylic acids is 1. The first-order valence-corrected chi connectivity index (χ1v) is 7.81. The van der Waals surface area contributed by atoms with Crippen molar-refractivity contribution in [1.29, 1.82) is 0 Å². The molecule has 1 aromatic rings. The van der Waals surface area contributed by atoms with Crippen LogP contribution in [0, 0.1) is 5.92 Å². The van der Waals surface area contributed by atoms with Crippen LogP contribution in [0.5, 0.6) is 5.75 Å². The van der Waals surface area contributed by atoms with Crippen molar-refractivity contribution in [3.8, 4) is 5.75 Å². The average Bonchev–Trinajstić information content (AvgIpc) is 2.63. The van der Waals surface area contributed by atoms with Crippen LogP contribution in [0.4, 0.5) is 5.69 Å². The van der Waals surface area contributed by atoms with Gasteiger partial charge in [0.25, 0.3) is 0 Å². The monoisotopic (exact) mass is 340 g/mol. The Balaban J connectivity index is 2.04. The number of halogens is 1. The van der Waals surface area contributed by atoms with Gasteiger partial charge in [-0.1, -0.05) is 19.3 Å². The number of hydrogen-bond donors (Lipinski definition) is 2. The molecular formula is C15H21BrN2O2. The predicted molar refractivity (Wildman–Crippen MR) is 83.9 cm³/mol. The van der Waals surface area contributed by atoms with Gasteiger partial charge in [0.15, 0.2) is 0 Å². The Morgan fingerprint density at radius 3 is 2.80 bits per heavy atom. The molecule has 0 aliphatic heterocycles. The number of methoxy groups -OCH3 is 1. The fourth-order valence-electron chi connectivity index (χ4n) is 2.64. The Bertz CT molecular complexity index is 479. The van der Waals surface area contributed by atoms with Crippen LogP contribution in [0.25, 0.3) is 0 Å². The summed E-state index contributed by atoms with van der Waals surface area (Å²) in [6, 6.07) is 5.48. The summed E-state index contributed by atoms with van der Waals surface area (Å²) in [6.45, 7) is 0. The third-order valence-electron chi connectivity index (χ3n) is 3.83. The molecule has 1 aromatic carbocycles. The third kappa shape index (κ3) is 3.73. The molecule has 5 heteroatoms. The number of carbonyl (C=O) groups is 1. The number of ether oxygens (including phenoxy) is 1. The third-order valence-corrected chi connectivity index (χ3v) is 4.45. The van der Waals surface area contributed by atoms with Gasteiger partial charge in [-0.3, -0.25) is 4.79 Å². The second-order valence-electron chi connectivity index (χ2n) is 5.25. The molecule has 0 aromatic heterocycles. The van der Waals surface area contributed by atoms with Gasteiger partial charge < -0.3 is 15.8 Å². The molecule has 20 heavy (non-hydrogen) atoms. The molecule has 1 aliphatic rings. The van der Waals surface area contributed by atoms with Gasteiger partial charge in [0.1, 0.15) is 5.75 Å². The Morgan fingerprint density at radius 1 is 1.35 bits per heavy atom. The summed E-state index contributed by atoms with van der Waals surface area (Å²) in [6.07, 6.45) is 5.19. The van der Waals surface area contributed by atoms with Crippen molar-refractivity contribution < 1.29 is 9.53 Å². The Kier molecular flexibility index (Phi) is 5.43. The Hall–Kier alpha value is -1.07. The zero-order valence-electron chi connectivity index (χ0n) is 11.7. The maximum absolute atomic E-state index is 12.4. The quantitative estimate of drug-likeness (QED) is 0.829. The minimum atomic E-state index is -0.0848. The van der Waals surface area contributed by atoms with Crippen molar-refractivity contribution in [3.05, 3.63) is 22.7 Å². The molecule has 2 atom stereocenters. The van der Waals surface area contributed by atoms with Crippen LogP contribution in [0.15, 0.2) is 22.7 Å². The van der Waals surface area contributed by atoms with E-state index >= 15 is 0 Å². The van der Waals surface area contributed by atoms with E-state index in [4.69, 9.17) is 10.5 Å². The number of nitrogens with two attached hydrogens (primary N) is 1. The van der Waals surface area contributed by atoms with Gasteiger partial charge >= 0.3 is 0 Å². The van der Waals surface area contributed by atoms with E-state index in [0.717, 1.165) is 41.6 Å². The van der Waals surface area contributed by atoms with Crippen molar-refractivity contribution in [2.45, 2.75) is 38.1 Å². The smallest absolute Gasteiger partial charge is 0.229 e. The molecule has 1 saturated carbocycles. The molecule has 0 bridgehead atoms. The molecule has 0 saturated heterocycles. The normalized spacial score (nSPS) is 22.9. The number of nitrogens with one attached hydrogen (secondary N) is 1. The SMILES string of the molecule is COc1ccc(NC(=O)C2CCCCCC2N)cc1Br. The van der Waals surface area contributed by atoms with Gasteiger partial charge in [-0.25, -0.2) is 0 Å². The zero-order chi connectivity index (χ0) is 14.5. The zero-order valence-corrected chi connectivity index (χ0v) is 13.3. The highest BCUT2D eigenvalue weighted by molar-refractivity contribution is 9.10. The van der Waals surface area contributed by atoms with Crippen molar-refractivity contribution in [2.75, 3.05) is 12.4 Å². The maximum Gasteiger partial charge on any atom is 0.229 e. The van der Waals surface area contributed by atoms with E-state index in [1.54, 1.807) is 7.11 Å². The highest BCUT2D eigenvalue weighted by Gasteiger charge is 2.27. The number of amides is 1. The summed E-state index contributed by atoms with van der Waals surface area (Å²) in [5.74, 6) is 0.684. The first-order chi connectivity index (χ1) is 9.61. The van der Waals surface area contributed by atoms with Crippen LogP contribution in [0.3, 0.4) is 0 Å². The first-order valence-electron chi connectivity index (χ1n) is 7.02. The van der Waals surface area contributed by atoms with E-state index in [1.165, 1.54) is 6.42 Å². The van der Waals surface area contributed by atoms with Crippen LogP contribution in [0.2, 0.25) is 0 Å². The summed E-state index contributed by atoms with van der Waals surface area (Å²) in [4.78, 5) is 12.4. The lowest BCUT2D eigenvalue weighted by Crippen LogP contribution is -2.37. The van der Waals surface area contributed by atoms with Crippen molar-refractivity contribution >= 4 is 27.5 Å². The van der Waals surface area contributed by atoms with Gasteiger partial charge in [0, 0.05) is 11.7 Å². The molecule has 1 amide bonds. The molecule has 1 aliphatic carbocycles. The van der Waals surface area contributed by atoms with Gasteiger partial charge in [-0.05, 0) is 47.0 Å². The second-order valence-corrected chi connectivity index (χ2v) is 6.10. The van der Waals surface area contributed by atoms with Gasteiger partial charge in [0.05, 0.1) is 17.5 Å². The molecular weight excluding hydrogens is 320 g/mol. The predicted octanol–water partition coefficient (Wildman–Crippen LogP) is 3.30. The molecule has 110 valence electrons. The van der Waals surface area contributed by atoms with Crippen LogP contribution in [-0.4, -0.2) is 19.1 Å². The molecule has 0 spiro atoms. The summed E-state index contributed by atoms with van der Waals surface area (Å²) >= 11 is 3.42. The van der Waals surface area contributed by atoms with Crippen LogP contribution >= 0.6 is 15.9 Å². The Labute approximate surface area is 128 Å². The van der Waals surface area contributed by atoms with Gasteiger partial charge in [-0.2, -0.15) is 0 Å². The van der Waals surface area contributed by atoms with E-state index in [1.807, 2.05) is 18.2 Å². The van der Waals surface area contributed by atoms with Crippen molar-refractivity contribution in [1.82, 2.24) is 0 Å². The van der Waals surface area contributed by atoms with Crippen LogP contribution in [-0.2, 0) is 4.79 Å². The lowest BCUT2D eigenvalue weighted by atomic mass is 9.94. The molecule has 0 heterocycles. The molecule has 2 unspecified atom stereocenters. The average molecular weight is 341 g/mol. The first kappa shape index (κ1) is 15.3. The molecule has 4 nitrogen and oxygen atoms in total. The van der Waals surface area contributed by atoms with E-state index in [2.05, 4.69) is 21.2 Å². The van der Waals surface area contributed by atoms with Gasteiger partial charge in [0.2, 0.25) is 5.91 Å². The summed E-state index contributed by atoms with van der Waals surface area (Å²) < 4.78 is 6.00. The minimum absolute atomic E-state index is 0.0245. The van der Waals surface area contributed by atoms with E-state index in [0.29, 0.717) is 0 Å². The topological polar surface area (TPSA) is 64.3 Å². The largest absolute Gasteiger partial charge is 0.496 e. The molecule has 1 fully saturated rings. The van der Waals surface area contributed by atoms with E-state index in [-0.39, 0.29) is 17.9 Å². The van der Waals surface area contributed by atoms with E-state index < -0.39 is 0 Å². The lowest BCUT2D eigenvalue weighted by molar-refractivity contribution is -0.120. The Morgan fingerprint density at radius 2 is 2.10 bits per heavy atom. The van der Waals surface area contributed by atoms with Crippen molar-refractivity contribution in [2.24, 2.45) is 11.7 Å². The molecule has 0 radical (unpaired) electrons. The minimum Gasteiger partial charge on any atom is -0.496 e. The van der Waals surface area contributed by atoms with Crippen LogP contribution < -0.4 is 15.8 Å². The number of benzene rings is 1. The molecule has 3 N–H and O–H groups in total. The van der Waals surface area contributed by atoms with Gasteiger partial charge in [-0.15, -0.1) is 0 Å². The second kappa shape index (κ2) is 7.09. The van der Waals surface area contributed by atoms with Crippen LogP contribution in [0.1, 0.15) is 32.1 Å². The fourth-order valence-corrected chi connectivity index (χ4v) is 3.18. The standard InChI is InChI=1S/C15H21BrN2O2/c1-20-14-8-7-10(9-12(14)16)18-15(19)11-5-3-2-4-6-13(11)17/h7-9,11,13H,2-6,17H2,1H3,(H,18,19). The highest BCUT2D eigenvalue weighted by Crippen LogP contribution is 2.29.